The number of hydrogen-bond donors (Lipinski definition) is 3. The Hall–Kier alpha value is -0.380. The van der Waals surface area contributed by atoms with Crippen LogP contribution in [-0.4, -0.2) is 29.0 Å². The first-order chi connectivity index (χ1) is 10.2. The number of nitrogens with two attached hydrogens (primary N) is 1. The molecule has 0 rings (SSSR count). The molecule has 2 atom stereocenters. The monoisotopic (exact) mass is 299 g/mol. The highest BCUT2D eigenvalue weighted by atomic mass is 16.3. The van der Waals surface area contributed by atoms with Gasteiger partial charge in [0.2, 0.25) is 0 Å². The molecule has 0 heterocycles. The van der Waals surface area contributed by atoms with Crippen LogP contribution in [0.25, 0.3) is 0 Å². The van der Waals surface area contributed by atoms with E-state index in [9.17, 15) is 5.11 Å². The normalized spacial score (nSPS) is 14.7. The smallest absolute Gasteiger partial charge is 0.0894 e. The molecule has 0 aliphatic carbocycles. The van der Waals surface area contributed by atoms with Gasteiger partial charge in [0.05, 0.1) is 18.8 Å². The van der Waals surface area contributed by atoms with Gasteiger partial charge >= 0.3 is 0 Å². The molecule has 0 aliphatic heterocycles. The fourth-order valence-corrected chi connectivity index (χ4v) is 2.41. The van der Waals surface area contributed by atoms with Crippen LogP contribution < -0.4 is 5.73 Å². The van der Waals surface area contributed by atoms with E-state index in [4.69, 9.17) is 10.8 Å². The highest BCUT2D eigenvalue weighted by Gasteiger charge is 2.08. The Labute approximate surface area is 131 Å². The van der Waals surface area contributed by atoms with E-state index in [0.717, 1.165) is 6.42 Å². The zero-order valence-electron chi connectivity index (χ0n) is 14.0. The summed E-state index contributed by atoms with van der Waals surface area (Å²) < 4.78 is 0. The molecule has 3 heteroatoms. The summed E-state index contributed by atoms with van der Waals surface area (Å²) in [6, 6.07) is -0.557. The van der Waals surface area contributed by atoms with Gasteiger partial charge < -0.3 is 15.9 Å². The molecule has 0 aromatic heterocycles. The third-order valence-electron chi connectivity index (χ3n) is 3.96. The first kappa shape index (κ1) is 20.6. The Morgan fingerprint density at radius 1 is 0.857 bits per heavy atom. The average molecular weight is 299 g/mol. The topological polar surface area (TPSA) is 66.5 Å². The Balaban J connectivity index is 3.20. The van der Waals surface area contributed by atoms with E-state index in [0.29, 0.717) is 0 Å². The van der Waals surface area contributed by atoms with E-state index in [-0.39, 0.29) is 6.61 Å². The van der Waals surface area contributed by atoms with E-state index in [1.807, 2.05) is 6.08 Å². The fraction of sp³-hybridized carbons (Fsp3) is 0.889. The zero-order valence-corrected chi connectivity index (χ0v) is 14.0. The van der Waals surface area contributed by atoms with Crippen LogP contribution in [0.1, 0.15) is 84.0 Å². The molecule has 1 unspecified atom stereocenters. The van der Waals surface area contributed by atoms with Gasteiger partial charge in [-0.25, -0.2) is 0 Å². The molecule has 0 radical (unpaired) electrons. The lowest BCUT2D eigenvalue weighted by Gasteiger charge is -2.11. The summed E-state index contributed by atoms with van der Waals surface area (Å²) in [5.41, 5.74) is 5.51. The first-order valence-corrected chi connectivity index (χ1v) is 8.93. The van der Waals surface area contributed by atoms with Gasteiger partial charge in [0.25, 0.3) is 0 Å². The van der Waals surface area contributed by atoms with Crippen molar-refractivity contribution in [2.75, 3.05) is 6.61 Å². The molecule has 0 amide bonds. The Kier molecular flexibility index (Phi) is 15.7. The third-order valence-corrected chi connectivity index (χ3v) is 3.96. The van der Waals surface area contributed by atoms with Crippen LogP contribution in [0.2, 0.25) is 0 Å². The van der Waals surface area contributed by atoms with Gasteiger partial charge in [0.1, 0.15) is 0 Å². The van der Waals surface area contributed by atoms with E-state index < -0.39 is 12.1 Å². The quantitative estimate of drug-likeness (QED) is 0.317. The molecular weight excluding hydrogens is 262 g/mol. The van der Waals surface area contributed by atoms with Gasteiger partial charge in [-0.3, -0.25) is 0 Å². The maximum absolute atomic E-state index is 9.52. The van der Waals surface area contributed by atoms with Gasteiger partial charge in [-0.15, -0.1) is 0 Å². The summed E-state index contributed by atoms with van der Waals surface area (Å²) in [6.07, 6.45) is 18.8. The minimum Gasteiger partial charge on any atom is -0.395 e. The molecule has 0 saturated carbocycles. The Morgan fingerprint density at radius 3 is 1.81 bits per heavy atom. The summed E-state index contributed by atoms with van der Waals surface area (Å²) in [4.78, 5) is 0. The minimum atomic E-state index is -0.720. The second-order valence-electron chi connectivity index (χ2n) is 6.09. The number of rotatable bonds is 15. The predicted molar refractivity (Wildman–Crippen MR) is 91.3 cm³/mol. The number of hydrogen-bond acceptors (Lipinski definition) is 3. The fourth-order valence-electron chi connectivity index (χ4n) is 2.41. The van der Waals surface area contributed by atoms with E-state index in [1.54, 1.807) is 6.08 Å². The second-order valence-corrected chi connectivity index (χ2v) is 6.09. The van der Waals surface area contributed by atoms with Crippen LogP contribution in [0.4, 0.5) is 0 Å². The molecule has 0 spiro atoms. The number of aliphatic hydroxyl groups is 2. The summed E-state index contributed by atoms with van der Waals surface area (Å²) >= 11 is 0. The lowest BCUT2D eigenvalue weighted by molar-refractivity contribution is 0.144. The van der Waals surface area contributed by atoms with Crippen LogP contribution in [0.5, 0.6) is 0 Å². The maximum Gasteiger partial charge on any atom is 0.0894 e. The van der Waals surface area contributed by atoms with E-state index in [2.05, 4.69) is 6.92 Å². The largest absolute Gasteiger partial charge is 0.395 e. The molecule has 0 aromatic rings. The van der Waals surface area contributed by atoms with Crippen LogP contribution in [-0.2, 0) is 0 Å². The zero-order chi connectivity index (χ0) is 15.8. The standard InChI is InChI=1S/C18H37NO2/c1-2-3-4-5-6-7-8-9-10-11-12-13-14-15-18(21)17(19)16-20/h14-15,17-18,20-21H,2-13,16,19H2,1H3/b15-14+/t17?,18-/m0/s1. The van der Waals surface area contributed by atoms with Crippen molar-refractivity contribution in [3.63, 3.8) is 0 Å². The van der Waals surface area contributed by atoms with Crippen LogP contribution in [0.3, 0.4) is 0 Å². The molecule has 0 bridgehead atoms. The van der Waals surface area contributed by atoms with Gasteiger partial charge in [0.15, 0.2) is 0 Å². The maximum atomic E-state index is 9.52. The van der Waals surface area contributed by atoms with Crippen LogP contribution in [0, 0.1) is 0 Å². The molecule has 4 N–H and O–H groups in total. The number of unbranched alkanes of at least 4 members (excludes halogenated alkanes) is 11. The van der Waals surface area contributed by atoms with Crippen molar-refractivity contribution >= 4 is 0 Å². The highest BCUT2D eigenvalue weighted by Crippen LogP contribution is 2.12. The van der Waals surface area contributed by atoms with Crippen molar-refractivity contribution in [2.45, 2.75) is 96.1 Å². The van der Waals surface area contributed by atoms with E-state index >= 15 is 0 Å². The minimum absolute atomic E-state index is 0.177. The first-order valence-electron chi connectivity index (χ1n) is 8.93. The van der Waals surface area contributed by atoms with Crippen molar-refractivity contribution in [3.05, 3.63) is 12.2 Å². The number of allylic oxidation sites excluding steroid dienone is 1. The lowest BCUT2D eigenvalue weighted by atomic mass is 10.0. The predicted octanol–water partition coefficient (Wildman–Crippen LogP) is 3.92. The summed E-state index contributed by atoms with van der Waals surface area (Å²) in [5.74, 6) is 0. The molecule has 0 saturated heterocycles. The molecule has 0 aromatic carbocycles. The summed E-state index contributed by atoms with van der Waals surface area (Å²) in [7, 11) is 0. The lowest BCUT2D eigenvalue weighted by Crippen LogP contribution is -2.36. The molecule has 126 valence electrons. The SMILES string of the molecule is CCCCCCCCCCCCC/C=C/[C@H](O)C(N)CO. The average Bonchev–Trinajstić information content (AvgIpc) is 2.50. The van der Waals surface area contributed by atoms with Crippen molar-refractivity contribution in [3.8, 4) is 0 Å². The molecule has 21 heavy (non-hydrogen) atoms. The summed E-state index contributed by atoms with van der Waals surface area (Å²) in [5, 5.41) is 18.3. The Bertz CT molecular complexity index is 231. The van der Waals surface area contributed by atoms with Crippen LogP contribution >= 0.6 is 0 Å². The summed E-state index contributed by atoms with van der Waals surface area (Å²) in [6.45, 7) is 2.08. The second kappa shape index (κ2) is 16.0. The van der Waals surface area contributed by atoms with Crippen molar-refractivity contribution < 1.29 is 10.2 Å². The van der Waals surface area contributed by atoms with Gasteiger partial charge in [-0.1, -0.05) is 83.3 Å². The van der Waals surface area contributed by atoms with Gasteiger partial charge in [-0.2, -0.15) is 0 Å². The molecular formula is C18H37NO2. The molecule has 0 fully saturated rings. The van der Waals surface area contributed by atoms with Gasteiger partial charge in [-0.05, 0) is 12.8 Å². The highest BCUT2D eigenvalue weighted by molar-refractivity contribution is 4.93. The van der Waals surface area contributed by atoms with E-state index in [1.165, 1.54) is 70.6 Å². The number of aliphatic hydroxyl groups excluding tert-OH is 2. The van der Waals surface area contributed by atoms with Gasteiger partial charge in [0, 0.05) is 0 Å². The van der Waals surface area contributed by atoms with Crippen molar-refractivity contribution in [1.29, 1.82) is 0 Å². The van der Waals surface area contributed by atoms with Crippen molar-refractivity contribution in [1.82, 2.24) is 0 Å². The molecule has 0 aliphatic rings. The van der Waals surface area contributed by atoms with Crippen LogP contribution in [0.15, 0.2) is 12.2 Å². The third kappa shape index (κ3) is 14.3. The molecule has 3 nitrogen and oxygen atoms in total. The Morgan fingerprint density at radius 2 is 1.33 bits per heavy atom. The van der Waals surface area contributed by atoms with Crippen molar-refractivity contribution in [2.24, 2.45) is 5.73 Å².